The molecule has 0 aromatic heterocycles. The van der Waals surface area contributed by atoms with Crippen molar-refractivity contribution in [3.63, 3.8) is 0 Å². The van der Waals surface area contributed by atoms with E-state index in [2.05, 4.69) is 6.92 Å². The number of unbranched alkanes of at least 4 members (excludes halogenated alkanes) is 1. The lowest BCUT2D eigenvalue weighted by Gasteiger charge is -2.13. The minimum Gasteiger partial charge on any atom is -0.319 e. The Morgan fingerprint density at radius 1 is 1.27 bits per heavy atom. The van der Waals surface area contributed by atoms with E-state index >= 15 is 0 Å². The normalized spacial score (nSPS) is 15.1. The Morgan fingerprint density at radius 2 is 1.80 bits per heavy atom. The number of hydrogen-bond acceptors (Lipinski definition) is 3. The van der Waals surface area contributed by atoms with Gasteiger partial charge in [0.25, 0.3) is 0 Å². The van der Waals surface area contributed by atoms with Gasteiger partial charge in [0.15, 0.2) is 0 Å². The summed E-state index contributed by atoms with van der Waals surface area (Å²) in [4.78, 5) is 0. The molecule has 0 aromatic carbocycles. The van der Waals surface area contributed by atoms with Crippen LogP contribution in [0, 0.1) is 0 Å². The largest absolute Gasteiger partial charge is 0.518 e. The van der Waals surface area contributed by atoms with Crippen LogP contribution in [-0.2, 0) is 13.7 Å². The van der Waals surface area contributed by atoms with E-state index in [9.17, 15) is 9.13 Å². The molecule has 0 radical (unpaired) electrons. The second-order valence-electron chi connectivity index (χ2n) is 3.69. The summed E-state index contributed by atoms with van der Waals surface area (Å²) in [6.45, 7) is 8.16. The maximum atomic E-state index is 12.3. The van der Waals surface area contributed by atoms with E-state index in [1.165, 1.54) is 0 Å². The zero-order valence-electron chi connectivity index (χ0n) is 10.2. The van der Waals surface area contributed by atoms with Gasteiger partial charge in [0.05, 0.1) is 0 Å². The summed E-state index contributed by atoms with van der Waals surface area (Å²) in [5.74, 6) is 0. The van der Waals surface area contributed by atoms with Gasteiger partial charge in [-0.15, -0.1) is 4.52 Å². The Labute approximate surface area is 94.2 Å². The molecule has 0 aliphatic heterocycles. The SMILES string of the molecule is CCCCO[P+](=O)C(C)P(=O)(CC)CC. The molecule has 0 spiro atoms. The van der Waals surface area contributed by atoms with Crippen LogP contribution in [0.2, 0.25) is 0 Å². The lowest BCUT2D eigenvalue weighted by molar-refractivity contribution is 0.319. The molecule has 2 atom stereocenters. The molecule has 0 amide bonds. The Kier molecular flexibility index (Phi) is 7.69. The van der Waals surface area contributed by atoms with E-state index in [0.717, 1.165) is 12.8 Å². The maximum absolute atomic E-state index is 12.3. The molecular weight excluding hydrogens is 230 g/mol. The summed E-state index contributed by atoms with van der Waals surface area (Å²) < 4.78 is 29.2. The fourth-order valence-corrected chi connectivity index (χ4v) is 5.91. The van der Waals surface area contributed by atoms with Crippen LogP contribution in [0.3, 0.4) is 0 Å². The highest BCUT2D eigenvalue weighted by Gasteiger charge is 2.42. The zero-order valence-corrected chi connectivity index (χ0v) is 12.0. The average molecular weight is 253 g/mol. The Morgan fingerprint density at radius 3 is 2.20 bits per heavy atom. The molecule has 5 heteroatoms. The molecule has 0 aliphatic carbocycles. The molecule has 0 heterocycles. The predicted octanol–water partition coefficient (Wildman–Crippen LogP) is 4.29. The van der Waals surface area contributed by atoms with Crippen LogP contribution in [0.5, 0.6) is 0 Å². The molecule has 0 bridgehead atoms. The first-order chi connectivity index (χ1) is 7.01. The minimum absolute atomic E-state index is 0.292. The molecule has 90 valence electrons. The van der Waals surface area contributed by atoms with Gasteiger partial charge in [-0.05, 0) is 17.9 Å². The smallest absolute Gasteiger partial charge is 0.319 e. The van der Waals surface area contributed by atoms with E-state index in [-0.39, 0.29) is 5.40 Å². The van der Waals surface area contributed by atoms with Gasteiger partial charge < -0.3 is 4.57 Å². The predicted molar refractivity (Wildman–Crippen MR) is 66.6 cm³/mol. The van der Waals surface area contributed by atoms with Crippen molar-refractivity contribution in [3.8, 4) is 0 Å². The van der Waals surface area contributed by atoms with E-state index in [1.807, 2.05) is 13.8 Å². The van der Waals surface area contributed by atoms with Crippen LogP contribution in [0.15, 0.2) is 0 Å². The second-order valence-corrected chi connectivity index (χ2v) is 9.64. The highest BCUT2D eigenvalue weighted by atomic mass is 31.2. The molecule has 0 saturated carbocycles. The Hall–Kier alpha value is 0.290. The van der Waals surface area contributed by atoms with Crippen molar-refractivity contribution in [2.75, 3.05) is 18.9 Å². The first-order valence-electron chi connectivity index (χ1n) is 5.68. The molecule has 0 aromatic rings. The zero-order chi connectivity index (χ0) is 11.9. The first-order valence-corrected chi connectivity index (χ1v) is 9.08. The van der Waals surface area contributed by atoms with Gasteiger partial charge in [-0.25, -0.2) is 0 Å². The highest BCUT2D eigenvalue weighted by molar-refractivity contribution is 7.73. The second kappa shape index (κ2) is 7.54. The maximum Gasteiger partial charge on any atom is 0.518 e. The van der Waals surface area contributed by atoms with Crippen molar-refractivity contribution in [2.24, 2.45) is 0 Å². The van der Waals surface area contributed by atoms with E-state index in [0.29, 0.717) is 18.9 Å². The minimum atomic E-state index is -2.29. The van der Waals surface area contributed by atoms with E-state index in [1.54, 1.807) is 6.92 Å². The van der Waals surface area contributed by atoms with Gasteiger partial charge >= 0.3 is 8.03 Å². The Balaban J connectivity index is 4.24. The van der Waals surface area contributed by atoms with Crippen molar-refractivity contribution in [3.05, 3.63) is 0 Å². The van der Waals surface area contributed by atoms with Gasteiger partial charge in [0, 0.05) is 12.3 Å². The quantitative estimate of drug-likeness (QED) is 0.478. The van der Waals surface area contributed by atoms with E-state index in [4.69, 9.17) is 4.52 Å². The van der Waals surface area contributed by atoms with Crippen LogP contribution in [-0.4, -0.2) is 24.3 Å². The van der Waals surface area contributed by atoms with Crippen LogP contribution >= 0.6 is 15.2 Å². The molecule has 0 fully saturated rings. The van der Waals surface area contributed by atoms with Gasteiger partial charge in [0.1, 0.15) is 13.7 Å². The van der Waals surface area contributed by atoms with Crippen LogP contribution in [0.1, 0.15) is 40.5 Å². The summed E-state index contributed by atoms with van der Waals surface area (Å²) in [6, 6.07) is 0. The summed E-state index contributed by atoms with van der Waals surface area (Å²) in [7, 11) is -4.05. The van der Waals surface area contributed by atoms with Gasteiger partial charge in [-0.2, -0.15) is 0 Å². The molecule has 3 nitrogen and oxygen atoms in total. The van der Waals surface area contributed by atoms with Crippen molar-refractivity contribution < 1.29 is 13.7 Å². The van der Waals surface area contributed by atoms with Crippen LogP contribution in [0.25, 0.3) is 0 Å². The third-order valence-electron chi connectivity index (χ3n) is 2.77. The third kappa shape index (κ3) is 4.76. The van der Waals surface area contributed by atoms with Crippen LogP contribution < -0.4 is 0 Å². The lowest BCUT2D eigenvalue weighted by Crippen LogP contribution is -2.05. The molecule has 0 rings (SSSR count). The Bertz CT molecular complexity index is 233. The van der Waals surface area contributed by atoms with Crippen LogP contribution in [0.4, 0.5) is 0 Å². The fourth-order valence-electron chi connectivity index (χ4n) is 1.33. The average Bonchev–Trinajstić information content (AvgIpc) is 2.27. The summed E-state index contributed by atoms with van der Waals surface area (Å²) in [6.07, 6.45) is 3.17. The molecule has 0 saturated heterocycles. The van der Waals surface area contributed by atoms with Gasteiger partial charge in [-0.3, -0.25) is 0 Å². The molecule has 0 N–H and O–H groups in total. The fraction of sp³-hybridized carbons (Fsp3) is 1.00. The van der Waals surface area contributed by atoms with E-state index < -0.39 is 15.2 Å². The molecule has 0 aliphatic rings. The topological polar surface area (TPSA) is 43.4 Å². The summed E-state index contributed by atoms with van der Waals surface area (Å²) in [5, 5.41) is -0.292. The molecular formula is C10H23O3P2+. The number of hydrogen-bond donors (Lipinski definition) is 0. The molecule has 15 heavy (non-hydrogen) atoms. The number of rotatable bonds is 8. The van der Waals surface area contributed by atoms with Gasteiger partial charge in [0.2, 0.25) is 5.40 Å². The monoisotopic (exact) mass is 253 g/mol. The highest BCUT2D eigenvalue weighted by Crippen LogP contribution is 2.59. The third-order valence-corrected chi connectivity index (χ3v) is 9.15. The van der Waals surface area contributed by atoms with Gasteiger partial charge in [-0.1, -0.05) is 27.2 Å². The molecule has 2 unspecified atom stereocenters. The standard InChI is InChI=1S/C10H23O3P2/c1-5-8-9-13-14(11)10(4)15(12,6-2)7-3/h10H,5-9H2,1-4H3/q+1. The van der Waals surface area contributed by atoms with Crippen molar-refractivity contribution in [2.45, 2.75) is 45.9 Å². The van der Waals surface area contributed by atoms with Crippen molar-refractivity contribution in [1.29, 1.82) is 0 Å². The summed E-state index contributed by atoms with van der Waals surface area (Å²) in [5.41, 5.74) is 0. The van der Waals surface area contributed by atoms with Crippen molar-refractivity contribution in [1.82, 2.24) is 0 Å². The first kappa shape index (κ1) is 15.3. The summed E-state index contributed by atoms with van der Waals surface area (Å²) >= 11 is 0. The lowest BCUT2D eigenvalue weighted by atomic mass is 10.4. The van der Waals surface area contributed by atoms with Crippen molar-refractivity contribution >= 4 is 15.2 Å².